The maximum Gasteiger partial charge on any atom is 0.335 e. The number of aromatic carboxylic acids is 1. The van der Waals surface area contributed by atoms with E-state index in [4.69, 9.17) is 5.11 Å². The molecule has 0 fully saturated rings. The fourth-order valence-electron chi connectivity index (χ4n) is 1.93. The summed E-state index contributed by atoms with van der Waals surface area (Å²) >= 11 is 0. The Kier molecular flexibility index (Phi) is 6.73. The normalized spacial score (nSPS) is 10.3. The molecule has 0 radical (unpaired) electrons. The lowest BCUT2D eigenvalue weighted by Gasteiger charge is -2.18. The number of carboxylic acids is 1. The van der Waals surface area contributed by atoms with Gasteiger partial charge in [0.15, 0.2) is 0 Å². The van der Waals surface area contributed by atoms with Crippen LogP contribution in [-0.2, 0) is 11.3 Å². The molecular formula is C15H22N2O3. The molecular weight excluding hydrogens is 256 g/mol. The number of carbonyl (C=O) groups is 2. The summed E-state index contributed by atoms with van der Waals surface area (Å²) in [4.78, 5) is 24.3. The Morgan fingerprint density at radius 3 is 2.25 bits per heavy atom. The molecule has 0 saturated heterocycles. The largest absolute Gasteiger partial charge is 0.478 e. The van der Waals surface area contributed by atoms with Crippen LogP contribution in [0.5, 0.6) is 0 Å². The highest BCUT2D eigenvalue weighted by Gasteiger charge is 2.08. The van der Waals surface area contributed by atoms with Crippen molar-refractivity contribution in [2.75, 3.05) is 19.6 Å². The summed E-state index contributed by atoms with van der Waals surface area (Å²) in [7, 11) is 0. The summed E-state index contributed by atoms with van der Waals surface area (Å²) in [6.07, 6.45) is 0.481. The number of hydrogen-bond donors (Lipinski definition) is 2. The van der Waals surface area contributed by atoms with Crippen molar-refractivity contribution in [1.29, 1.82) is 0 Å². The van der Waals surface area contributed by atoms with Crippen LogP contribution in [0.2, 0.25) is 0 Å². The van der Waals surface area contributed by atoms with Crippen molar-refractivity contribution in [3.8, 4) is 0 Å². The molecule has 20 heavy (non-hydrogen) atoms. The van der Waals surface area contributed by atoms with E-state index >= 15 is 0 Å². The first-order chi connectivity index (χ1) is 9.58. The molecule has 0 heterocycles. The summed E-state index contributed by atoms with van der Waals surface area (Å²) in [5.41, 5.74) is 1.29. The minimum absolute atomic E-state index is 0.156. The molecule has 0 aliphatic rings. The van der Waals surface area contributed by atoms with Gasteiger partial charge < -0.3 is 15.3 Å². The van der Waals surface area contributed by atoms with Crippen molar-refractivity contribution < 1.29 is 14.7 Å². The van der Waals surface area contributed by atoms with Crippen LogP contribution in [0.4, 0.5) is 0 Å². The van der Waals surface area contributed by atoms with E-state index < -0.39 is 5.97 Å². The van der Waals surface area contributed by atoms with Crippen LogP contribution in [-0.4, -0.2) is 41.5 Å². The molecule has 0 spiro atoms. The first-order valence-electron chi connectivity index (χ1n) is 6.89. The Labute approximate surface area is 119 Å². The second-order valence-corrected chi connectivity index (χ2v) is 4.49. The fraction of sp³-hybridized carbons (Fsp3) is 0.467. The predicted octanol–water partition coefficient (Wildman–Crippen LogP) is 1.73. The summed E-state index contributed by atoms with van der Waals surface area (Å²) < 4.78 is 0. The standard InChI is InChI=1S/C15H22N2O3/c1-3-17(4-2)14(18)9-10-16-11-12-5-7-13(8-6-12)15(19)20/h5-8,16H,3-4,9-11H2,1-2H3,(H,19,20). The van der Waals surface area contributed by atoms with E-state index in [1.54, 1.807) is 24.3 Å². The molecule has 0 aliphatic heterocycles. The number of carboxylic acid groups (broad SMARTS) is 1. The van der Waals surface area contributed by atoms with Gasteiger partial charge in [0.2, 0.25) is 5.91 Å². The monoisotopic (exact) mass is 278 g/mol. The predicted molar refractivity (Wildman–Crippen MR) is 77.7 cm³/mol. The van der Waals surface area contributed by atoms with E-state index in [0.29, 0.717) is 19.5 Å². The van der Waals surface area contributed by atoms with E-state index in [1.165, 1.54) is 0 Å². The number of carbonyl (C=O) groups excluding carboxylic acids is 1. The van der Waals surface area contributed by atoms with Crippen molar-refractivity contribution in [3.63, 3.8) is 0 Å². The first kappa shape index (κ1) is 16.2. The van der Waals surface area contributed by atoms with Crippen molar-refractivity contribution in [3.05, 3.63) is 35.4 Å². The van der Waals surface area contributed by atoms with Gasteiger partial charge in [-0.25, -0.2) is 4.79 Å². The highest BCUT2D eigenvalue weighted by Crippen LogP contribution is 2.04. The number of nitrogens with zero attached hydrogens (tertiary/aromatic N) is 1. The zero-order valence-electron chi connectivity index (χ0n) is 12.1. The van der Waals surface area contributed by atoms with E-state index in [-0.39, 0.29) is 11.5 Å². The molecule has 1 amide bonds. The summed E-state index contributed by atoms with van der Waals surface area (Å²) in [5, 5.41) is 12.0. The smallest absolute Gasteiger partial charge is 0.335 e. The third kappa shape index (κ3) is 5.01. The Morgan fingerprint density at radius 1 is 1.15 bits per heavy atom. The molecule has 5 nitrogen and oxygen atoms in total. The van der Waals surface area contributed by atoms with Gasteiger partial charge >= 0.3 is 5.97 Å². The lowest BCUT2D eigenvalue weighted by Crippen LogP contribution is -2.32. The van der Waals surface area contributed by atoms with Gasteiger partial charge in [0, 0.05) is 32.6 Å². The molecule has 0 unspecified atom stereocenters. The molecule has 5 heteroatoms. The Balaban J connectivity index is 2.30. The van der Waals surface area contributed by atoms with Gasteiger partial charge in [0.1, 0.15) is 0 Å². The van der Waals surface area contributed by atoms with E-state index in [1.807, 2.05) is 18.7 Å². The van der Waals surface area contributed by atoms with Crippen molar-refractivity contribution in [1.82, 2.24) is 10.2 Å². The second-order valence-electron chi connectivity index (χ2n) is 4.49. The van der Waals surface area contributed by atoms with Crippen LogP contribution < -0.4 is 5.32 Å². The Bertz CT molecular complexity index is 439. The van der Waals surface area contributed by atoms with Crippen molar-refractivity contribution >= 4 is 11.9 Å². The molecule has 2 N–H and O–H groups in total. The van der Waals surface area contributed by atoms with Crippen LogP contribution in [0.1, 0.15) is 36.2 Å². The van der Waals surface area contributed by atoms with Crippen molar-refractivity contribution in [2.45, 2.75) is 26.8 Å². The average Bonchev–Trinajstić information content (AvgIpc) is 2.45. The summed E-state index contributed by atoms with van der Waals surface area (Å²) in [6, 6.07) is 6.73. The third-order valence-corrected chi connectivity index (χ3v) is 3.16. The Morgan fingerprint density at radius 2 is 1.75 bits per heavy atom. The second kappa shape index (κ2) is 8.32. The van der Waals surface area contributed by atoms with Crippen LogP contribution in [0.15, 0.2) is 24.3 Å². The third-order valence-electron chi connectivity index (χ3n) is 3.16. The van der Waals surface area contributed by atoms with E-state index in [2.05, 4.69) is 5.32 Å². The molecule has 1 aromatic carbocycles. The van der Waals surface area contributed by atoms with Crippen LogP contribution >= 0.6 is 0 Å². The zero-order chi connectivity index (χ0) is 15.0. The number of hydrogen-bond acceptors (Lipinski definition) is 3. The maximum atomic E-state index is 11.8. The zero-order valence-corrected chi connectivity index (χ0v) is 12.1. The van der Waals surface area contributed by atoms with E-state index in [9.17, 15) is 9.59 Å². The molecule has 1 aromatic rings. The molecule has 0 bridgehead atoms. The SMILES string of the molecule is CCN(CC)C(=O)CCNCc1ccc(C(=O)O)cc1. The molecule has 1 rings (SSSR count). The van der Waals surface area contributed by atoms with Gasteiger partial charge in [-0.3, -0.25) is 4.79 Å². The lowest BCUT2D eigenvalue weighted by atomic mass is 10.1. The molecule has 0 atom stereocenters. The van der Waals surface area contributed by atoms with Crippen molar-refractivity contribution in [2.24, 2.45) is 0 Å². The van der Waals surface area contributed by atoms with E-state index in [0.717, 1.165) is 18.7 Å². The number of benzene rings is 1. The van der Waals surface area contributed by atoms with Gasteiger partial charge in [-0.15, -0.1) is 0 Å². The summed E-state index contributed by atoms with van der Waals surface area (Å²) in [6.45, 7) is 6.68. The number of rotatable bonds is 8. The quantitative estimate of drug-likeness (QED) is 0.711. The van der Waals surface area contributed by atoms with Gasteiger partial charge in [0.05, 0.1) is 5.56 Å². The fourth-order valence-corrected chi connectivity index (χ4v) is 1.93. The highest BCUT2D eigenvalue weighted by molar-refractivity contribution is 5.87. The van der Waals surface area contributed by atoms with Gasteiger partial charge in [-0.2, -0.15) is 0 Å². The van der Waals surface area contributed by atoms with Gasteiger partial charge in [-0.1, -0.05) is 12.1 Å². The topological polar surface area (TPSA) is 69.6 Å². The maximum absolute atomic E-state index is 11.8. The average molecular weight is 278 g/mol. The minimum Gasteiger partial charge on any atom is -0.478 e. The lowest BCUT2D eigenvalue weighted by molar-refractivity contribution is -0.130. The van der Waals surface area contributed by atoms with Crippen LogP contribution in [0.25, 0.3) is 0 Å². The van der Waals surface area contributed by atoms with Gasteiger partial charge in [-0.05, 0) is 31.5 Å². The molecule has 0 saturated carbocycles. The number of amides is 1. The molecule has 0 aliphatic carbocycles. The number of nitrogens with one attached hydrogen (secondary N) is 1. The molecule has 110 valence electrons. The minimum atomic E-state index is -0.922. The first-order valence-corrected chi connectivity index (χ1v) is 6.89. The van der Waals surface area contributed by atoms with Crippen LogP contribution in [0, 0.1) is 0 Å². The van der Waals surface area contributed by atoms with Crippen LogP contribution in [0.3, 0.4) is 0 Å². The highest BCUT2D eigenvalue weighted by atomic mass is 16.4. The Hall–Kier alpha value is -1.88. The summed E-state index contributed by atoms with van der Waals surface area (Å²) in [5.74, 6) is -0.766. The van der Waals surface area contributed by atoms with Gasteiger partial charge in [0.25, 0.3) is 0 Å². The molecule has 0 aromatic heterocycles.